The van der Waals surface area contributed by atoms with Crippen molar-refractivity contribution in [3.05, 3.63) is 60.2 Å². The molecule has 2 rings (SSSR count). The average molecular weight is 462 g/mol. The Balaban J connectivity index is 2.00. The third-order valence-electron chi connectivity index (χ3n) is 4.90. The van der Waals surface area contributed by atoms with E-state index < -0.39 is 10.0 Å². The zero-order chi connectivity index (χ0) is 23.6. The van der Waals surface area contributed by atoms with Gasteiger partial charge in [-0.2, -0.15) is 4.31 Å². The van der Waals surface area contributed by atoms with Crippen molar-refractivity contribution in [3.8, 4) is 0 Å². The van der Waals surface area contributed by atoms with Crippen LogP contribution in [-0.4, -0.2) is 69.8 Å². The Kier molecular flexibility index (Phi) is 9.83. The van der Waals surface area contributed by atoms with E-state index in [-0.39, 0.29) is 23.3 Å². The van der Waals surface area contributed by atoms with Crippen molar-refractivity contribution in [3.63, 3.8) is 0 Å². The minimum Gasteiger partial charge on any atom is -0.383 e. The molecule has 8 nitrogen and oxygen atoms in total. The summed E-state index contributed by atoms with van der Waals surface area (Å²) >= 11 is 0. The Bertz CT molecular complexity index is 978. The van der Waals surface area contributed by atoms with E-state index in [1.54, 1.807) is 12.0 Å². The normalized spacial score (nSPS) is 11.4. The number of methoxy groups -OCH3 is 1. The fourth-order valence-electron chi connectivity index (χ4n) is 3.15. The fraction of sp³-hybridized carbons (Fsp3) is 0.391. The van der Waals surface area contributed by atoms with Crippen LogP contribution in [0.4, 0.5) is 5.69 Å². The summed E-state index contributed by atoms with van der Waals surface area (Å²) in [6, 6.07) is 15.8. The van der Waals surface area contributed by atoms with Crippen molar-refractivity contribution in [1.29, 1.82) is 0 Å². The molecule has 0 aromatic heterocycles. The van der Waals surface area contributed by atoms with Crippen LogP contribution in [0.3, 0.4) is 0 Å². The van der Waals surface area contributed by atoms with Crippen molar-refractivity contribution in [2.75, 3.05) is 45.7 Å². The topological polar surface area (TPSA) is 96.0 Å². The third-order valence-corrected chi connectivity index (χ3v) is 6.71. The Morgan fingerprint density at radius 2 is 1.66 bits per heavy atom. The summed E-state index contributed by atoms with van der Waals surface area (Å²) in [5, 5.41) is 2.59. The van der Waals surface area contributed by atoms with Crippen molar-refractivity contribution in [1.82, 2.24) is 9.21 Å². The second-order valence-electron chi connectivity index (χ2n) is 7.43. The van der Waals surface area contributed by atoms with Crippen LogP contribution in [0.25, 0.3) is 0 Å². The highest BCUT2D eigenvalue weighted by molar-refractivity contribution is 7.89. The molecule has 0 bridgehead atoms. The molecule has 0 unspecified atom stereocenters. The van der Waals surface area contributed by atoms with Gasteiger partial charge in [-0.1, -0.05) is 30.3 Å². The second-order valence-corrected chi connectivity index (χ2v) is 9.47. The molecule has 174 valence electrons. The summed E-state index contributed by atoms with van der Waals surface area (Å²) in [6.07, 6.45) is 1.59. The predicted octanol–water partition coefficient (Wildman–Crippen LogP) is 2.37. The van der Waals surface area contributed by atoms with Gasteiger partial charge in [0, 0.05) is 39.9 Å². The van der Waals surface area contributed by atoms with Gasteiger partial charge in [0.25, 0.3) is 0 Å². The summed E-state index contributed by atoms with van der Waals surface area (Å²) in [7, 11) is -0.909. The van der Waals surface area contributed by atoms with Gasteiger partial charge in [-0.05, 0) is 42.7 Å². The number of hydrogen-bond acceptors (Lipinski definition) is 5. The van der Waals surface area contributed by atoms with Crippen LogP contribution in [0.5, 0.6) is 0 Å². The number of rotatable bonds is 12. The maximum absolute atomic E-state index is 12.9. The number of sulfonamides is 1. The van der Waals surface area contributed by atoms with Gasteiger partial charge in [0.05, 0.1) is 18.0 Å². The number of amides is 2. The van der Waals surface area contributed by atoms with Crippen molar-refractivity contribution in [2.24, 2.45) is 0 Å². The Morgan fingerprint density at radius 3 is 2.25 bits per heavy atom. The number of nitrogens with zero attached hydrogens (tertiary/aromatic N) is 2. The molecule has 9 heteroatoms. The van der Waals surface area contributed by atoms with E-state index in [9.17, 15) is 18.0 Å². The molecule has 0 saturated heterocycles. The van der Waals surface area contributed by atoms with Crippen molar-refractivity contribution in [2.45, 2.75) is 24.7 Å². The van der Waals surface area contributed by atoms with Crippen LogP contribution >= 0.6 is 0 Å². The summed E-state index contributed by atoms with van der Waals surface area (Å²) in [5.74, 6) is -0.525. The van der Waals surface area contributed by atoms with E-state index in [1.165, 1.54) is 43.8 Å². The van der Waals surface area contributed by atoms with Crippen LogP contribution in [-0.2, 0) is 30.8 Å². The van der Waals surface area contributed by atoms with Gasteiger partial charge < -0.3 is 15.0 Å². The summed E-state index contributed by atoms with van der Waals surface area (Å²) < 4.78 is 31.9. The Hall–Kier alpha value is -2.75. The largest absolute Gasteiger partial charge is 0.383 e. The molecule has 0 aliphatic carbocycles. The molecule has 0 saturated carbocycles. The van der Waals surface area contributed by atoms with E-state index in [4.69, 9.17) is 4.74 Å². The van der Waals surface area contributed by atoms with Gasteiger partial charge in [0.1, 0.15) is 0 Å². The van der Waals surface area contributed by atoms with E-state index in [0.29, 0.717) is 25.4 Å². The molecule has 32 heavy (non-hydrogen) atoms. The molecule has 0 atom stereocenters. The molecule has 2 aromatic rings. The predicted molar refractivity (Wildman–Crippen MR) is 124 cm³/mol. The first-order valence-electron chi connectivity index (χ1n) is 10.4. The summed E-state index contributed by atoms with van der Waals surface area (Å²) in [5.41, 5.74) is 1.69. The second kappa shape index (κ2) is 12.3. The van der Waals surface area contributed by atoms with E-state index in [2.05, 4.69) is 5.32 Å². The van der Waals surface area contributed by atoms with Crippen LogP contribution < -0.4 is 5.32 Å². The van der Waals surface area contributed by atoms with Crippen molar-refractivity contribution < 1.29 is 22.7 Å². The molecule has 0 aliphatic rings. The summed E-state index contributed by atoms with van der Waals surface area (Å²) in [4.78, 5) is 25.7. The van der Waals surface area contributed by atoms with E-state index in [0.717, 1.165) is 17.1 Å². The van der Waals surface area contributed by atoms with E-state index in [1.807, 2.05) is 30.3 Å². The van der Waals surface area contributed by atoms with Crippen LogP contribution in [0.1, 0.15) is 18.9 Å². The number of carbonyl (C=O) groups is 2. The SMILES string of the molecule is COCCN(CCCc1ccccc1)C(=O)CN(C)S(=O)(=O)c1ccc(NC(C)=O)cc1. The van der Waals surface area contributed by atoms with Gasteiger partial charge in [-0.25, -0.2) is 8.42 Å². The number of nitrogens with one attached hydrogen (secondary N) is 1. The maximum atomic E-state index is 12.9. The molecular weight excluding hydrogens is 430 g/mol. The number of ether oxygens (including phenoxy) is 1. The lowest BCUT2D eigenvalue weighted by molar-refractivity contribution is -0.132. The maximum Gasteiger partial charge on any atom is 0.243 e. The van der Waals surface area contributed by atoms with Crippen molar-refractivity contribution >= 4 is 27.5 Å². The number of aryl methyl sites for hydroxylation is 1. The molecular formula is C23H31N3O5S. The standard InChI is InChI=1S/C23H31N3O5S/c1-19(27)24-21-11-13-22(14-12-21)32(29,30)25(2)18-23(28)26(16-17-31-3)15-7-10-20-8-5-4-6-9-20/h4-6,8-9,11-14H,7,10,15-18H2,1-3H3,(H,24,27). The lowest BCUT2D eigenvalue weighted by atomic mass is 10.1. The summed E-state index contributed by atoms with van der Waals surface area (Å²) in [6.45, 7) is 2.38. The number of anilines is 1. The first-order valence-corrected chi connectivity index (χ1v) is 11.8. The molecule has 0 fully saturated rings. The minimum atomic E-state index is -3.85. The lowest BCUT2D eigenvalue weighted by Crippen LogP contribution is -2.43. The van der Waals surface area contributed by atoms with E-state index >= 15 is 0 Å². The van der Waals surface area contributed by atoms with Gasteiger partial charge >= 0.3 is 0 Å². The van der Waals surface area contributed by atoms with Crippen LogP contribution in [0, 0.1) is 0 Å². The highest BCUT2D eigenvalue weighted by atomic mass is 32.2. The van der Waals surface area contributed by atoms with Gasteiger partial charge in [0.2, 0.25) is 21.8 Å². The molecule has 1 N–H and O–H groups in total. The highest BCUT2D eigenvalue weighted by Crippen LogP contribution is 2.18. The zero-order valence-electron chi connectivity index (χ0n) is 18.8. The Labute approximate surface area is 190 Å². The first-order chi connectivity index (χ1) is 15.2. The highest BCUT2D eigenvalue weighted by Gasteiger charge is 2.25. The average Bonchev–Trinajstić information content (AvgIpc) is 2.76. The van der Waals surface area contributed by atoms with Crippen LogP contribution in [0.2, 0.25) is 0 Å². The minimum absolute atomic E-state index is 0.0504. The monoisotopic (exact) mass is 461 g/mol. The molecule has 0 spiro atoms. The number of benzene rings is 2. The lowest BCUT2D eigenvalue weighted by Gasteiger charge is -2.25. The number of likely N-dealkylation sites (N-methyl/N-ethyl adjacent to an activating group) is 1. The first kappa shape index (κ1) is 25.5. The quantitative estimate of drug-likeness (QED) is 0.524. The third kappa shape index (κ3) is 7.74. The van der Waals surface area contributed by atoms with Gasteiger partial charge in [0.15, 0.2) is 0 Å². The smallest absolute Gasteiger partial charge is 0.243 e. The number of hydrogen-bond donors (Lipinski definition) is 1. The van der Waals surface area contributed by atoms with Gasteiger partial charge in [-0.3, -0.25) is 9.59 Å². The Morgan fingerprint density at radius 1 is 1.00 bits per heavy atom. The molecule has 0 radical (unpaired) electrons. The zero-order valence-corrected chi connectivity index (χ0v) is 19.6. The molecule has 2 aromatic carbocycles. The number of carbonyl (C=O) groups excluding carboxylic acids is 2. The molecule has 0 heterocycles. The van der Waals surface area contributed by atoms with Gasteiger partial charge in [-0.15, -0.1) is 0 Å². The molecule has 0 aliphatic heterocycles. The fourth-order valence-corrected chi connectivity index (χ4v) is 4.27. The molecule has 2 amide bonds. The van der Waals surface area contributed by atoms with Crippen LogP contribution in [0.15, 0.2) is 59.5 Å².